The molecule has 4 heteroatoms. The van der Waals surface area contributed by atoms with Gasteiger partial charge in [-0.1, -0.05) is 0 Å². The zero-order valence-electron chi connectivity index (χ0n) is 10.8. The van der Waals surface area contributed by atoms with E-state index >= 15 is 0 Å². The summed E-state index contributed by atoms with van der Waals surface area (Å²) in [5.41, 5.74) is 0. The highest BCUT2D eigenvalue weighted by Crippen LogP contribution is 2.34. The Labute approximate surface area is 103 Å². The van der Waals surface area contributed by atoms with Gasteiger partial charge < -0.3 is 14.4 Å². The van der Waals surface area contributed by atoms with E-state index in [1.165, 1.54) is 25.9 Å². The number of nitriles is 1. The van der Waals surface area contributed by atoms with Crippen LogP contribution in [0, 0.1) is 17.2 Å². The first-order valence-electron chi connectivity index (χ1n) is 6.48. The zero-order chi connectivity index (χ0) is 12.3. The molecule has 2 fully saturated rings. The lowest BCUT2D eigenvalue weighted by Crippen LogP contribution is -2.36. The van der Waals surface area contributed by atoms with E-state index in [4.69, 9.17) is 14.7 Å². The van der Waals surface area contributed by atoms with Crippen LogP contribution in [-0.2, 0) is 9.47 Å². The van der Waals surface area contributed by atoms with Gasteiger partial charge in [0.25, 0.3) is 0 Å². The number of nitrogens with zero attached hydrogens (tertiary/aromatic N) is 2. The Morgan fingerprint density at radius 2 is 2.12 bits per heavy atom. The van der Waals surface area contributed by atoms with E-state index in [2.05, 4.69) is 18.0 Å². The summed E-state index contributed by atoms with van der Waals surface area (Å²) in [6.07, 6.45) is 3.81. The summed E-state index contributed by atoms with van der Waals surface area (Å²) in [7, 11) is 2.17. The van der Waals surface area contributed by atoms with Gasteiger partial charge in [0.1, 0.15) is 0 Å². The Kier molecular flexibility index (Phi) is 4.03. The Balaban J connectivity index is 1.80. The lowest BCUT2D eigenvalue weighted by molar-refractivity contribution is -0.167. The second kappa shape index (κ2) is 5.34. The van der Waals surface area contributed by atoms with Crippen molar-refractivity contribution >= 4 is 0 Å². The van der Waals surface area contributed by atoms with E-state index in [1.54, 1.807) is 0 Å². The van der Waals surface area contributed by atoms with E-state index < -0.39 is 5.79 Å². The summed E-state index contributed by atoms with van der Waals surface area (Å²) >= 11 is 0. The van der Waals surface area contributed by atoms with Crippen LogP contribution in [0.25, 0.3) is 0 Å². The third kappa shape index (κ3) is 3.41. The third-order valence-corrected chi connectivity index (χ3v) is 3.81. The molecule has 0 N–H and O–H groups in total. The van der Waals surface area contributed by atoms with Gasteiger partial charge in [0.15, 0.2) is 5.79 Å². The number of hydrogen-bond donors (Lipinski definition) is 0. The van der Waals surface area contributed by atoms with E-state index in [0.717, 1.165) is 6.42 Å². The molecule has 0 radical (unpaired) electrons. The van der Waals surface area contributed by atoms with Crippen LogP contribution in [0.4, 0.5) is 0 Å². The molecule has 0 spiro atoms. The van der Waals surface area contributed by atoms with Crippen molar-refractivity contribution in [3.05, 3.63) is 0 Å². The second-order valence-electron chi connectivity index (χ2n) is 5.50. The SMILES string of the molecule is CN1CCC(CC2(C)OCC(CC#N)O2)CC1. The maximum Gasteiger partial charge on any atom is 0.166 e. The van der Waals surface area contributed by atoms with Crippen LogP contribution in [0.1, 0.15) is 32.6 Å². The smallest absolute Gasteiger partial charge is 0.166 e. The molecule has 0 aromatic rings. The normalized spacial score (nSPS) is 35.9. The molecule has 2 rings (SSSR count). The lowest BCUT2D eigenvalue weighted by atomic mass is 9.90. The summed E-state index contributed by atoms with van der Waals surface area (Å²) in [4.78, 5) is 2.37. The maximum absolute atomic E-state index is 8.66. The molecule has 2 aliphatic heterocycles. The Hall–Kier alpha value is -0.630. The molecule has 2 saturated heterocycles. The first kappa shape index (κ1) is 12.8. The molecule has 2 unspecified atom stereocenters. The second-order valence-corrected chi connectivity index (χ2v) is 5.50. The fraction of sp³-hybridized carbons (Fsp3) is 0.923. The highest BCUT2D eigenvalue weighted by Gasteiger charge is 2.39. The van der Waals surface area contributed by atoms with Gasteiger partial charge in [-0.05, 0) is 45.8 Å². The minimum Gasteiger partial charge on any atom is -0.347 e. The average molecular weight is 238 g/mol. The summed E-state index contributed by atoms with van der Waals surface area (Å²) in [5.74, 6) is 0.235. The number of likely N-dealkylation sites (tertiary alicyclic amines) is 1. The molecule has 0 saturated carbocycles. The number of piperidine rings is 1. The molecule has 0 aromatic heterocycles. The highest BCUT2D eigenvalue weighted by molar-refractivity contribution is 4.85. The van der Waals surface area contributed by atoms with Crippen molar-refractivity contribution in [2.45, 2.75) is 44.5 Å². The van der Waals surface area contributed by atoms with Crippen LogP contribution in [0.15, 0.2) is 0 Å². The molecule has 2 heterocycles. The standard InChI is InChI=1S/C13H22N2O2/c1-13(16-10-12(17-13)3-6-14)9-11-4-7-15(2)8-5-11/h11-12H,3-5,7-10H2,1-2H3. The van der Waals surface area contributed by atoms with Crippen LogP contribution in [0.5, 0.6) is 0 Å². The van der Waals surface area contributed by atoms with Crippen molar-refractivity contribution in [2.24, 2.45) is 5.92 Å². The van der Waals surface area contributed by atoms with Crippen molar-refractivity contribution in [1.29, 1.82) is 5.26 Å². The van der Waals surface area contributed by atoms with Gasteiger partial charge in [-0.3, -0.25) is 0 Å². The summed E-state index contributed by atoms with van der Waals surface area (Å²) < 4.78 is 11.6. The number of rotatable bonds is 3. The van der Waals surface area contributed by atoms with E-state index in [1.807, 2.05) is 6.92 Å². The molecule has 2 atom stereocenters. The van der Waals surface area contributed by atoms with E-state index in [-0.39, 0.29) is 6.10 Å². The number of hydrogen-bond acceptors (Lipinski definition) is 4. The Morgan fingerprint density at radius 1 is 1.41 bits per heavy atom. The van der Waals surface area contributed by atoms with Gasteiger partial charge in [0.2, 0.25) is 0 Å². The predicted octanol–water partition coefficient (Wildman–Crippen LogP) is 1.76. The van der Waals surface area contributed by atoms with Crippen LogP contribution in [-0.4, -0.2) is 43.5 Å². The number of ether oxygens (including phenoxy) is 2. The molecular formula is C13H22N2O2. The van der Waals surface area contributed by atoms with Gasteiger partial charge in [0.05, 0.1) is 25.2 Å². The summed E-state index contributed by atoms with van der Waals surface area (Å²) in [5, 5.41) is 8.66. The fourth-order valence-corrected chi connectivity index (χ4v) is 2.79. The van der Waals surface area contributed by atoms with Crippen molar-refractivity contribution in [3.63, 3.8) is 0 Å². The molecule has 2 aliphatic rings. The van der Waals surface area contributed by atoms with Crippen molar-refractivity contribution in [3.8, 4) is 6.07 Å². The first-order chi connectivity index (χ1) is 8.11. The molecule has 0 aromatic carbocycles. The Bertz CT molecular complexity index is 294. The topological polar surface area (TPSA) is 45.5 Å². The van der Waals surface area contributed by atoms with E-state index in [9.17, 15) is 0 Å². The third-order valence-electron chi connectivity index (χ3n) is 3.81. The monoisotopic (exact) mass is 238 g/mol. The fourth-order valence-electron chi connectivity index (χ4n) is 2.79. The van der Waals surface area contributed by atoms with Crippen molar-refractivity contribution in [2.75, 3.05) is 26.7 Å². The van der Waals surface area contributed by atoms with Crippen LogP contribution < -0.4 is 0 Å². The highest BCUT2D eigenvalue weighted by atomic mass is 16.7. The van der Waals surface area contributed by atoms with Crippen LogP contribution >= 0.6 is 0 Å². The molecule has 0 bridgehead atoms. The van der Waals surface area contributed by atoms with Crippen molar-refractivity contribution in [1.82, 2.24) is 4.90 Å². The molecule has 96 valence electrons. The lowest BCUT2D eigenvalue weighted by Gasteiger charge is -2.33. The maximum atomic E-state index is 8.66. The molecule has 17 heavy (non-hydrogen) atoms. The molecule has 4 nitrogen and oxygen atoms in total. The molecule has 0 aliphatic carbocycles. The first-order valence-corrected chi connectivity index (χ1v) is 6.48. The van der Waals surface area contributed by atoms with Gasteiger partial charge in [-0.2, -0.15) is 5.26 Å². The van der Waals surface area contributed by atoms with Gasteiger partial charge in [-0.15, -0.1) is 0 Å². The van der Waals surface area contributed by atoms with Crippen LogP contribution in [0.3, 0.4) is 0 Å². The summed E-state index contributed by atoms with van der Waals surface area (Å²) in [6, 6.07) is 2.15. The van der Waals surface area contributed by atoms with Gasteiger partial charge in [-0.25, -0.2) is 0 Å². The minimum atomic E-state index is -0.456. The average Bonchev–Trinajstić information content (AvgIpc) is 2.64. The van der Waals surface area contributed by atoms with Gasteiger partial charge in [0, 0.05) is 6.42 Å². The van der Waals surface area contributed by atoms with Crippen LogP contribution in [0.2, 0.25) is 0 Å². The predicted molar refractivity (Wildman–Crippen MR) is 64.3 cm³/mol. The quantitative estimate of drug-likeness (QED) is 0.751. The van der Waals surface area contributed by atoms with Crippen molar-refractivity contribution < 1.29 is 9.47 Å². The van der Waals surface area contributed by atoms with E-state index in [0.29, 0.717) is 18.9 Å². The Morgan fingerprint density at radius 3 is 2.76 bits per heavy atom. The minimum absolute atomic E-state index is 0.0312. The zero-order valence-corrected chi connectivity index (χ0v) is 10.8. The largest absolute Gasteiger partial charge is 0.347 e. The van der Waals surface area contributed by atoms with Gasteiger partial charge >= 0.3 is 0 Å². The molecule has 0 amide bonds. The summed E-state index contributed by atoms with van der Waals surface area (Å²) in [6.45, 7) is 4.92. The molecular weight excluding hydrogens is 216 g/mol.